The fourth-order valence-corrected chi connectivity index (χ4v) is 4.93. The number of likely N-dealkylation sites (N-methyl/N-ethyl adjacent to an activating group) is 1. The third-order valence-corrected chi connectivity index (χ3v) is 6.89. The molecule has 1 aliphatic carbocycles. The van der Waals surface area contributed by atoms with Gasteiger partial charge in [-0.15, -0.1) is 25.6 Å². The number of nitrogens with one attached hydrogen (secondary N) is 1. The first-order chi connectivity index (χ1) is 18.6. The SMILES string of the molecule is CN1CCN(c2ccc(OC(F)(F)F)c(Nc3ncc4c(n3)-c3c(c(C(N)=O)nn3CCCN)CC4)c2)CC1.Cl. The van der Waals surface area contributed by atoms with Gasteiger partial charge in [0.25, 0.3) is 5.91 Å². The molecule has 0 radical (unpaired) electrons. The first-order valence-corrected chi connectivity index (χ1v) is 12.7. The van der Waals surface area contributed by atoms with Gasteiger partial charge in [-0.2, -0.15) is 5.10 Å². The standard InChI is InChI=1S/C25H30F3N9O2.ClH/c1-35-9-11-36(12-10-35)16-4-6-19(39-25(26,27)28)18(13-16)32-24-31-14-15-3-5-17-21(23(30)38)34-37(8-2-7-29)22(17)20(15)33-24;/h4,6,13-14H,2-3,5,7-12,29H2,1H3,(H2,30,38)(H,31,32,33);1H. The van der Waals surface area contributed by atoms with E-state index < -0.39 is 18.0 Å². The molecule has 1 aliphatic heterocycles. The number of piperazine rings is 1. The summed E-state index contributed by atoms with van der Waals surface area (Å²) in [7, 11) is 2.03. The lowest BCUT2D eigenvalue weighted by Gasteiger charge is -2.34. The summed E-state index contributed by atoms with van der Waals surface area (Å²) in [4.78, 5) is 25.4. The average molecular weight is 582 g/mol. The number of hydrogen-bond acceptors (Lipinski definition) is 9. The van der Waals surface area contributed by atoms with E-state index >= 15 is 0 Å². The molecule has 0 bridgehead atoms. The minimum absolute atomic E-state index is 0. The van der Waals surface area contributed by atoms with Crippen LogP contribution >= 0.6 is 12.4 Å². The molecular weight excluding hydrogens is 551 g/mol. The van der Waals surface area contributed by atoms with Crippen LogP contribution in [0.15, 0.2) is 24.4 Å². The molecule has 1 aromatic carbocycles. The third kappa shape index (κ3) is 6.24. The molecule has 15 heteroatoms. The van der Waals surface area contributed by atoms with E-state index in [4.69, 9.17) is 11.5 Å². The number of benzene rings is 1. The number of fused-ring (bicyclic) bond motifs is 3. The Hall–Kier alpha value is -3.62. The molecule has 0 atom stereocenters. The Bertz CT molecular complexity index is 1370. The molecule has 2 aromatic heterocycles. The molecule has 5 rings (SSSR count). The maximum Gasteiger partial charge on any atom is 0.573 e. The molecular formula is C25H31ClF3N9O2. The summed E-state index contributed by atoms with van der Waals surface area (Å²) >= 11 is 0. The van der Waals surface area contributed by atoms with Gasteiger partial charge in [0.15, 0.2) is 11.4 Å². The number of ether oxygens (including phenoxy) is 1. The Morgan fingerprint density at radius 1 is 1.18 bits per heavy atom. The highest BCUT2D eigenvalue weighted by Gasteiger charge is 2.33. The topological polar surface area (TPSA) is 140 Å². The molecule has 3 heterocycles. The number of anilines is 3. The van der Waals surface area contributed by atoms with Gasteiger partial charge in [-0.3, -0.25) is 9.48 Å². The van der Waals surface area contributed by atoms with Gasteiger partial charge in [-0.1, -0.05) is 0 Å². The van der Waals surface area contributed by atoms with Crippen molar-refractivity contribution in [1.29, 1.82) is 0 Å². The fraction of sp³-hybridized carbons (Fsp3) is 0.440. The van der Waals surface area contributed by atoms with Gasteiger partial charge in [0.2, 0.25) is 5.95 Å². The lowest BCUT2D eigenvalue weighted by atomic mass is 9.93. The summed E-state index contributed by atoms with van der Waals surface area (Å²) in [6.45, 7) is 4.03. The van der Waals surface area contributed by atoms with E-state index in [0.29, 0.717) is 49.3 Å². The zero-order chi connectivity index (χ0) is 27.7. The highest BCUT2D eigenvalue weighted by molar-refractivity contribution is 5.94. The summed E-state index contributed by atoms with van der Waals surface area (Å²) in [6, 6.07) is 4.51. The van der Waals surface area contributed by atoms with Gasteiger partial charge in [-0.05, 0) is 56.6 Å². The van der Waals surface area contributed by atoms with Crippen molar-refractivity contribution in [2.45, 2.75) is 32.2 Å². The van der Waals surface area contributed by atoms with Gasteiger partial charge < -0.3 is 31.3 Å². The number of halogens is 4. The Morgan fingerprint density at radius 2 is 1.93 bits per heavy atom. The van der Waals surface area contributed by atoms with E-state index in [1.807, 2.05) is 7.05 Å². The molecule has 11 nitrogen and oxygen atoms in total. The summed E-state index contributed by atoms with van der Waals surface area (Å²) in [6.07, 6.45) is -1.53. The molecule has 0 unspecified atom stereocenters. The Morgan fingerprint density at radius 3 is 2.60 bits per heavy atom. The minimum atomic E-state index is -4.88. The van der Waals surface area contributed by atoms with Crippen molar-refractivity contribution in [2.24, 2.45) is 11.5 Å². The molecule has 0 spiro atoms. The Balaban J connectivity index is 0.00000370. The van der Waals surface area contributed by atoms with E-state index in [2.05, 4.69) is 34.9 Å². The first-order valence-electron chi connectivity index (χ1n) is 12.7. The minimum Gasteiger partial charge on any atom is -0.404 e. The average Bonchev–Trinajstić information content (AvgIpc) is 3.27. The van der Waals surface area contributed by atoms with Crippen molar-refractivity contribution >= 4 is 35.6 Å². The van der Waals surface area contributed by atoms with Crippen LogP contribution in [-0.4, -0.2) is 76.7 Å². The number of rotatable bonds is 8. The predicted molar refractivity (Wildman–Crippen MR) is 146 cm³/mol. The second kappa shape index (κ2) is 11.9. The van der Waals surface area contributed by atoms with E-state index in [1.54, 1.807) is 23.0 Å². The van der Waals surface area contributed by atoms with Crippen LogP contribution < -0.4 is 26.4 Å². The number of nitrogens with zero attached hydrogens (tertiary/aromatic N) is 6. The normalized spacial score (nSPS) is 15.2. The number of alkyl halides is 3. The van der Waals surface area contributed by atoms with E-state index in [9.17, 15) is 18.0 Å². The zero-order valence-electron chi connectivity index (χ0n) is 21.9. The van der Waals surface area contributed by atoms with Crippen LogP contribution in [0.5, 0.6) is 5.75 Å². The molecule has 1 saturated heterocycles. The molecule has 0 saturated carbocycles. The molecule has 5 N–H and O–H groups in total. The van der Waals surface area contributed by atoms with Crippen LogP contribution in [0, 0.1) is 0 Å². The summed E-state index contributed by atoms with van der Waals surface area (Å²) in [5.41, 5.74) is 15.0. The highest BCUT2D eigenvalue weighted by atomic mass is 35.5. The van der Waals surface area contributed by atoms with E-state index in [0.717, 1.165) is 37.4 Å². The summed E-state index contributed by atoms with van der Waals surface area (Å²) < 4.78 is 45.6. The number of primary amides is 1. The van der Waals surface area contributed by atoms with Gasteiger partial charge in [0.1, 0.15) is 0 Å². The maximum atomic E-state index is 13.2. The monoisotopic (exact) mass is 581 g/mol. The zero-order valence-corrected chi connectivity index (χ0v) is 22.7. The molecule has 1 fully saturated rings. The molecule has 2 aliphatic rings. The van der Waals surface area contributed by atoms with Crippen molar-refractivity contribution in [2.75, 3.05) is 50.0 Å². The van der Waals surface area contributed by atoms with Crippen molar-refractivity contribution in [3.05, 3.63) is 41.2 Å². The number of aryl methyl sites for hydroxylation is 2. The number of carbonyl (C=O) groups excluding carboxylic acids is 1. The molecule has 40 heavy (non-hydrogen) atoms. The lowest BCUT2D eigenvalue weighted by molar-refractivity contribution is -0.274. The lowest BCUT2D eigenvalue weighted by Crippen LogP contribution is -2.44. The van der Waals surface area contributed by atoms with Crippen molar-refractivity contribution in [3.63, 3.8) is 0 Å². The van der Waals surface area contributed by atoms with Crippen LogP contribution in [-0.2, 0) is 19.4 Å². The number of carbonyl (C=O) groups is 1. The number of aromatic nitrogens is 4. The summed E-state index contributed by atoms with van der Waals surface area (Å²) in [5, 5.41) is 7.35. The van der Waals surface area contributed by atoms with E-state index in [-0.39, 0.29) is 29.7 Å². The van der Waals surface area contributed by atoms with Crippen molar-refractivity contribution in [1.82, 2.24) is 24.6 Å². The molecule has 216 valence electrons. The van der Waals surface area contributed by atoms with Crippen molar-refractivity contribution < 1.29 is 22.7 Å². The van der Waals surface area contributed by atoms with Crippen molar-refractivity contribution in [3.8, 4) is 17.1 Å². The smallest absolute Gasteiger partial charge is 0.404 e. The highest BCUT2D eigenvalue weighted by Crippen LogP contribution is 2.38. The molecule has 3 aromatic rings. The molecule has 1 amide bonds. The van der Waals surface area contributed by atoms with Gasteiger partial charge in [-0.25, -0.2) is 9.97 Å². The second-order valence-corrected chi connectivity index (χ2v) is 9.62. The third-order valence-electron chi connectivity index (χ3n) is 6.89. The van der Waals surface area contributed by atoms with Crippen LogP contribution in [0.4, 0.5) is 30.5 Å². The maximum absolute atomic E-state index is 13.2. The Labute approximate surface area is 235 Å². The summed E-state index contributed by atoms with van der Waals surface area (Å²) in [5.74, 6) is -0.953. The first kappa shape index (κ1) is 29.4. The van der Waals surface area contributed by atoms with Gasteiger partial charge in [0.05, 0.1) is 17.1 Å². The Kier molecular flexibility index (Phi) is 8.71. The number of amides is 1. The fourth-order valence-electron chi connectivity index (χ4n) is 4.93. The van der Waals surface area contributed by atoms with Gasteiger partial charge >= 0.3 is 6.36 Å². The number of hydrogen-bond donors (Lipinski definition) is 3. The van der Waals surface area contributed by atoms with Gasteiger partial charge in [0, 0.05) is 50.2 Å². The largest absolute Gasteiger partial charge is 0.573 e. The number of nitrogens with two attached hydrogens (primary N) is 2. The quantitative estimate of drug-likeness (QED) is 0.366. The second-order valence-electron chi connectivity index (χ2n) is 9.62. The van der Waals surface area contributed by atoms with Crippen LogP contribution in [0.25, 0.3) is 11.4 Å². The van der Waals surface area contributed by atoms with Crippen LogP contribution in [0.3, 0.4) is 0 Å². The van der Waals surface area contributed by atoms with Crippen LogP contribution in [0.1, 0.15) is 28.0 Å². The van der Waals surface area contributed by atoms with E-state index in [1.165, 1.54) is 6.07 Å². The predicted octanol–water partition coefficient (Wildman–Crippen LogP) is 2.70. The van der Waals surface area contributed by atoms with Crippen LogP contribution in [0.2, 0.25) is 0 Å².